The summed E-state index contributed by atoms with van der Waals surface area (Å²) in [6.07, 6.45) is 2.32. The third kappa shape index (κ3) is 4.83. The molecule has 0 bridgehead atoms. The summed E-state index contributed by atoms with van der Waals surface area (Å²) in [7, 11) is 0. The zero-order valence-corrected chi connectivity index (χ0v) is 18.3. The predicted octanol–water partition coefficient (Wildman–Crippen LogP) is 4.22. The molecule has 4 aromatic rings. The minimum absolute atomic E-state index is 0.208. The SMILES string of the molecule is O=C(NCc1ccccc1)c1nnc(CSc2nc(C3CC3)n(-c3ccccc3)n2)s1. The van der Waals surface area contributed by atoms with Crippen molar-refractivity contribution in [2.24, 2.45) is 0 Å². The van der Waals surface area contributed by atoms with Gasteiger partial charge >= 0.3 is 0 Å². The van der Waals surface area contributed by atoms with Gasteiger partial charge in [-0.05, 0) is 30.5 Å². The summed E-state index contributed by atoms with van der Waals surface area (Å²) in [5.74, 6) is 1.88. The molecule has 2 aromatic heterocycles. The van der Waals surface area contributed by atoms with E-state index < -0.39 is 0 Å². The average molecular weight is 449 g/mol. The molecule has 0 spiro atoms. The second-order valence-corrected chi connectivity index (χ2v) is 9.24. The molecular weight excluding hydrogens is 428 g/mol. The molecule has 1 aliphatic carbocycles. The van der Waals surface area contributed by atoms with Gasteiger partial charge in [-0.25, -0.2) is 9.67 Å². The summed E-state index contributed by atoms with van der Waals surface area (Å²) >= 11 is 2.82. The Morgan fingerprint density at radius 1 is 1.06 bits per heavy atom. The lowest BCUT2D eigenvalue weighted by atomic mass is 10.2. The Kier molecular flexibility index (Phi) is 5.77. The average Bonchev–Trinajstić information content (AvgIpc) is 3.39. The zero-order valence-electron chi connectivity index (χ0n) is 16.6. The van der Waals surface area contributed by atoms with E-state index in [0.717, 1.165) is 40.1 Å². The maximum Gasteiger partial charge on any atom is 0.282 e. The van der Waals surface area contributed by atoms with Gasteiger partial charge < -0.3 is 5.32 Å². The Bertz CT molecular complexity index is 1170. The minimum Gasteiger partial charge on any atom is -0.346 e. The van der Waals surface area contributed by atoms with Crippen LogP contribution in [0.1, 0.15) is 45.0 Å². The molecule has 1 fully saturated rings. The van der Waals surface area contributed by atoms with Crippen molar-refractivity contribution in [1.82, 2.24) is 30.3 Å². The Morgan fingerprint density at radius 3 is 2.55 bits per heavy atom. The quantitative estimate of drug-likeness (QED) is 0.406. The molecule has 31 heavy (non-hydrogen) atoms. The highest BCUT2D eigenvalue weighted by molar-refractivity contribution is 7.98. The van der Waals surface area contributed by atoms with Gasteiger partial charge in [-0.15, -0.1) is 15.3 Å². The Hall–Kier alpha value is -3.04. The van der Waals surface area contributed by atoms with Crippen LogP contribution < -0.4 is 5.32 Å². The van der Waals surface area contributed by atoms with E-state index in [2.05, 4.69) is 15.5 Å². The number of amides is 1. The Labute approximate surface area is 187 Å². The van der Waals surface area contributed by atoms with Crippen LogP contribution >= 0.6 is 23.1 Å². The summed E-state index contributed by atoms with van der Waals surface area (Å²) in [5.41, 5.74) is 2.07. The monoisotopic (exact) mass is 448 g/mol. The standard InChI is InChI=1S/C22H20N6OS2/c29-20(23-13-15-7-3-1-4-8-15)21-26-25-18(31-21)14-30-22-24-19(16-11-12-16)28(27-22)17-9-5-2-6-10-17/h1-10,16H,11-14H2,(H,23,29). The van der Waals surface area contributed by atoms with E-state index in [-0.39, 0.29) is 5.91 Å². The molecular formula is C22H20N6OS2. The molecule has 2 aromatic carbocycles. The molecule has 0 atom stereocenters. The Balaban J connectivity index is 1.22. The first-order valence-electron chi connectivity index (χ1n) is 10.1. The molecule has 5 rings (SSSR count). The van der Waals surface area contributed by atoms with Crippen LogP contribution in [0, 0.1) is 0 Å². The van der Waals surface area contributed by atoms with Crippen molar-refractivity contribution in [1.29, 1.82) is 0 Å². The lowest BCUT2D eigenvalue weighted by Gasteiger charge is -2.03. The molecule has 1 saturated carbocycles. The zero-order chi connectivity index (χ0) is 21.0. The van der Waals surface area contributed by atoms with Crippen molar-refractivity contribution in [2.45, 2.75) is 36.2 Å². The van der Waals surface area contributed by atoms with Gasteiger partial charge in [0.05, 0.1) is 11.4 Å². The van der Waals surface area contributed by atoms with E-state index in [1.54, 1.807) is 0 Å². The van der Waals surface area contributed by atoms with Crippen molar-refractivity contribution in [3.63, 3.8) is 0 Å². The third-order valence-electron chi connectivity index (χ3n) is 4.84. The molecule has 0 unspecified atom stereocenters. The van der Waals surface area contributed by atoms with Gasteiger partial charge in [-0.1, -0.05) is 71.6 Å². The van der Waals surface area contributed by atoms with Crippen LogP contribution in [-0.2, 0) is 12.3 Å². The number of nitrogens with one attached hydrogen (secondary N) is 1. The summed E-state index contributed by atoms with van der Waals surface area (Å²) in [4.78, 5) is 17.1. The van der Waals surface area contributed by atoms with Crippen LogP contribution in [0.4, 0.5) is 0 Å². The van der Waals surface area contributed by atoms with Crippen LogP contribution in [0.5, 0.6) is 0 Å². The van der Waals surface area contributed by atoms with E-state index in [1.807, 2.05) is 65.3 Å². The fraction of sp³-hybridized carbons (Fsp3) is 0.227. The van der Waals surface area contributed by atoms with Gasteiger partial charge in [0, 0.05) is 12.5 Å². The fourth-order valence-electron chi connectivity index (χ4n) is 3.11. The number of hydrogen-bond donors (Lipinski definition) is 1. The summed E-state index contributed by atoms with van der Waals surface area (Å²) in [6.45, 7) is 0.466. The highest BCUT2D eigenvalue weighted by atomic mass is 32.2. The van der Waals surface area contributed by atoms with Crippen LogP contribution in [0.2, 0.25) is 0 Å². The smallest absolute Gasteiger partial charge is 0.282 e. The number of aromatic nitrogens is 5. The topological polar surface area (TPSA) is 85.6 Å². The maximum absolute atomic E-state index is 12.4. The Morgan fingerprint density at radius 2 is 1.81 bits per heavy atom. The van der Waals surface area contributed by atoms with Crippen LogP contribution in [0.15, 0.2) is 65.8 Å². The summed E-state index contributed by atoms with van der Waals surface area (Å²) in [5, 5.41) is 17.7. The lowest BCUT2D eigenvalue weighted by Crippen LogP contribution is -2.22. The first-order chi connectivity index (χ1) is 15.3. The number of carbonyl (C=O) groups excluding carboxylic acids is 1. The first kappa shape index (κ1) is 19.9. The van der Waals surface area contributed by atoms with E-state index in [4.69, 9.17) is 10.1 Å². The maximum atomic E-state index is 12.4. The molecule has 2 heterocycles. The number of rotatable bonds is 8. The highest BCUT2D eigenvalue weighted by Crippen LogP contribution is 2.40. The van der Waals surface area contributed by atoms with Crippen molar-refractivity contribution < 1.29 is 4.79 Å². The lowest BCUT2D eigenvalue weighted by molar-refractivity contribution is 0.0950. The highest BCUT2D eigenvalue weighted by Gasteiger charge is 2.30. The largest absolute Gasteiger partial charge is 0.346 e. The van der Waals surface area contributed by atoms with Gasteiger partial charge in [0.25, 0.3) is 5.91 Å². The van der Waals surface area contributed by atoms with Gasteiger partial charge in [-0.2, -0.15) is 0 Å². The third-order valence-corrected chi connectivity index (χ3v) is 6.79. The number of para-hydroxylation sites is 1. The normalized spacial score (nSPS) is 13.3. The number of benzene rings is 2. The number of thioether (sulfide) groups is 1. The molecule has 0 saturated heterocycles. The summed E-state index contributed by atoms with van der Waals surface area (Å²) in [6, 6.07) is 19.9. The van der Waals surface area contributed by atoms with E-state index in [1.165, 1.54) is 23.1 Å². The van der Waals surface area contributed by atoms with Gasteiger partial charge in [0.2, 0.25) is 10.2 Å². The minimum atomic E-state index is -0.208. The molecule has 156 valence electrons. The van der Waals surface area contributed by atoms with E-state index >= 15 is 0 Å². The predicted molar refractivity (Wildman–Crippen MR) is 120 cm³/mol. The second-order valence-electron chi connectivity index (χ2n) is 7.23. The van der Waals surface area contributed by atoms with Crippen molar-refractivity contribution in [3.05, 3.63) is 82.1 Å². The molecule has 7 nitrogen and oxygen atoms in total. The van der Waals surface area contributed by atoms with Crippen LogP contribution in [0.25, 0.3) is 5.69 Å². The molecule has 0 aliphatic heterocycles. The molecule has 9 heteroatoms. The van der Waals surface area contributed by atoms with Crippen molar-refractivity contribution >= 4 is 29.0 Å². The van der Waals surface area contributed by atoms with E-state index in [9.17, 15) is 4.79 Å². The second kappa shape index (κ2) is 8.99. The number of carbonyl (C=O) groups is 1. The fourth-order valence-corrected chi connectivity index (χ4v) is 4.69. The van der Waals surface area contributed by atoms with Crippen molar-refractivity contribution in [2.75, 3.05) is 0 Å². The van der Waals surface area contributed by atoms with Gasteiger partial charge in [-0.3, -0.25) is 4.79 Å². The van der Waals surface area contributed by atoms with Gasteiger partial charge in [0.1, 0.15) is 10.8 Å². The molecule has 1 aliphatic rings. The molecule has 0 radical (unpaired) electrons. The van der Waals surface area contributed by atoms with Crippen molar-refractivity contribution in [3.8, 4) is 5.69 Å². The number of nitrogens with zero attached hydrogens (tertiary/aromatic N) is 5. The molecule has 1 N–H and O–H groups in total. The first-order valence-corrected chi connectivity index (χ1v) is 11.9. The van der Waals surface area contributed by atoms with Gasteiger partial charge in [0.15, 0.2) is 0 Å². The number of hydrogen-bond acceptors (Lipinski definition) is 7. The van der Waals surface area contributed by atoms with Crippen LogP contribution in [0.3, 0.4) is 0 Å². The van der Waals surface area contributed by atoms with Crippen LogP contribution in [-0.4, -0.2) is 30.9 Å². The summed E-state index contributed by atoms with van der Waals surface area (Å²) < 4.78 is 1.95. The van der Waals surface area contributed by atoms with E-state index in [0.29, 0.717) is 23.2 Å². The molecule has 1 amide bonds.